The smallest absolute Gasteiger partial charge is 0.273 e. The first-order chi connectivity index (χ1) is 12.2. The Labute approximate surface area is 147 Å². The number of benzene rings is 1. The molecule has 1 N–H and O–H groups in total. The van der Waals surface area contributed by atoms with Gasteiger partial charge in [-0.25, -0.2) is 4.98 Å². The molecule has 0 saturated carbocycles. The Morgan fingerprint density at radius 2 is 1.92 bits per heavy atom. The van der Waals surface area contributed by atoms with Crippen molar-refractivity contribution in [1.29, 1.82) is 0 Å². The Bertz CT molecular complexity index is 1020. The van der Waals surface area contributed by atoms with Crippen molar-refractivity contribution in [3.8, 4) is 17.0 Å². The van der Waals surface area contributed by atoms with Crippen LogP contribution in [0.4, 0.5) is 5.69 Å². The summed E-state index contributed by atoms with van der Waals surface area (Å²) < 4.78 is 6.98. The highest BCUT2D eigenvalue weighted by Gasteiger charge is 2.15. The van der Waals surface area contributed by atoms with Crippen molar-refractivity contribution in [2.75, 3.05) is 12.4 Å². The maximum Gasteiger partial charge on any atom is 0.273 e. The summed E-state index contributed by atoms with van der Waals surface area (Å²) in [6.07, 6.45) is 5.14. The minimum absolute atomic E-state index is 0.184. The first-order valence-electron chi connectivity index (χ1n) is 7.57. The van der Waals surface area contributed by atoms with Crippen LogP contribution < -0.4 is 10.1 Å². The summed E-state index contributed by atoms with van der Waals surface area (Å²) in [5, 5.41) is 4.67. The monoisotopic (exact) mass is 350 g/mol. The van der Waals surface area contributed by atoms with Gasteiger partial charge in [-0.15, -0.1) is 11.3 Å². The van der Waals surface area contributed by atoms with Crippen molar-refractivity contribution in [3.63, 3.8) is 0 Å². The van der Waals surface area contributed by atoms with Crippen LogP contribution in [0, 0.1) is 0 Å². The molecule has 0 aliphatic carbocycles. The van der Waals surface area contributed by atoms with Crippen LogP contribution in [0.1, 0.15) is 10.5 Å². The summed E-state index contributed by atoms with van der Waals surface area (Å²) in [7, 11) is 1.63. The van der Waals surface area contributed by atoms with Crippen molar-refractivity contribution >= 4 is 27.9 Å². The number of hydrogen-bond acceptors (Lipinski definition) is 5. The lowest BCUT2D eigenvalue weighted by Crippen LogP contribution is -2.13. The number of thiazole rings is 1. The largest absolute Gasteiger partial charge is 0.497 e. The summed E-state index contributed by atoms with van der Waals surface area (Å²) in [5.41, 5.74) is 3.03. The molecule has 0 aliphatic heterocycles. The van der Waals surface area contributed by atoms with Crippen molar-refractivity contribution in [3.05, 3.63) is 66.1 Å². The number of methoxy groups -OCH3 is 1. The number of aromatic nitrogens is 3. The molecule has 0 saturated heterocycles. The van der Waals surface area contributed by atoms with E-state index in [4.69, 9.17) is 4.74 Å². The van der Waals surface area contributed by atoms with Gasteiger partial charge >= 0.3 is 0 Å². The van der Waals surface area contributed by atoms with Crippen molar-refractivity contribution < 1.29 is 9.53 Å². The first-order valence-corrected chi connectivity index (χ1v) is 8.45. The van der Waals surface area contributed by atoms with Crippen molar-refractivity contribution in [2.45, 2.75) is 0 Å². The standard InChI is InChI=1S/C18H14N4O2S/c1-24-14-4-2-12(3-5-14)15-10-22-16(11-25-18(22)21-15)17(23)20-13-6-8-19-9-7-13/h2-11H,1H3,(H,19,20,23). The molecule has 0 fully saturated rings. The van der Waals surface area contributed by atoms with Crippen LogP contribution in [0.25, 0.3) is 16.2 Å². The van der Waals surface area contributed by atoms with Gasteiger partial charge in [-0.3, -0.25) is 14.2 Å². The number of fused-ring (bicyclic) bond motifs is 1. The van der Waals surface area contributed by atoms with Gasteiger partial charge in [-0.1, -0.05) is 0 Å². The first kappa shape index (κ1) is 15.3. The van der Waals surface area contributed by atoms with Crippen molar-refractivity contribution in [2.24, 2.45) is 0 Å². The van der Waals surface area contributed by atoms with E-state index in [9.17, 15) is 4.79 Å². The van der Waals surface area contributed by atoms with Gasteiger partial charge in [0.25, 0.3) is 5.91 Å². The fourth-order valence-electron chi connectivity index (χ4n) is 2.48. The van der Waals surface area contributed by atoms with Crippen LogP contribution in [0.15, 0.2) is 60.4 Å². The molecular weight excluding hydrogens is 336 g/mol. The number of amides is 1. The molecular formula is C18H14N4O2S. The third-order valence-corrected chi connectivity index (χ3v) is 4.61. The average molecular weight is 350 g/mol. The lowest BCUT2D eigenvalue weighted by Gasteiger charge is -2.03. The van der Waals surface area contributed by atoms with Crippen LogP contribution in [-0.4, -0.2) is 27.4 Å². The molecule has 7 heteroatoms. The van der Waals surface area contributed by atoms with E-state index in [2.05, 4.69) is 15.3 Å². The summed E-state index contributed by atoms with van der Waals surface area (Å²) in [6.45, 7) is 0. The number of rotatable bonds is 4. The normalized spacial score (nSPS) is 10.8. The minimum atomic E-state index is -0.184. The van der Waals surface area contributed by atoms with E-state index in [0.717, 1.165) is 22.0 Å². The van der Waals surface area contributed by atoms with E-state index in [1.54, 1.807) is 41.4 Å². The van der Waals surface area contributed by atoms with Crippen LogP contribution in [0.3, 0.4) is 0 Å². The fourth-order valence-corrected chi connectivity index (χ4v) is 3.33. The highest BCUT2D eigenvalue weighted by molar-refractivity contribution is 7.15. The molecule has 1 aromatic carbocycles. The van der Waals surface area contributed by atoms with E-state index in [0.29, 0.717) is 11.4 Å². The molecule has 25 heavy (non-hydrogen) atoms. The molecule has 1 amide bonds. The second kappa shape index (κ2) is 6.37. The van der Waals surface area contributed by atoms with E-state index < -0.39 is 0 Å². The molecule has 0 aliphatic rings. The molecule has 4 aromatic rings. The quantitative estimate of drug-likeness (QED) is 0.609. The van der Waals surface area contributed by atoms with Gasteiger partial charge in [-0.05, 0) is 36.4 Å². The molecule has 4 rings (SSSR count). The predicted octanol–water partition coefficient (Wildman–Crippen LogP) is 3.72. The van der Waals surface area contributed by atoms with Crippen LogP contribution in [-0.2, 0) is 0 Å². The third kappa shape index (κ3) is 2.97. The Balaban J connectivity index is 1.64. The number of carbonyl (C=O) groups is 1. The second-order valence-electron chi connectivity index (χ2n) is 5.32. The SMILES string of the molecule is COc1ccc(-c2cn3c(C(=O)Nc4ccncc4)csc3n2)cc1. The Morgan fingerprint density at radius 3 is 2.64 bits per heavy atom. The molecule has 0 spiro atoms. The number of imidazole rings is 1. The summed E-state index contributed by atoms with van der Waals surface area (Å²) in [4.78, 5) is 21.8. The van der Waals surface area contributed by atoms with E-state index in [-0.39, 0.29) is 5.91 Å². The molecule has 0 atom stereocenters. The lowest BCUT2D eigenvalue weighted by atomic mass is 10.2. The zero-order valence-electron chi connectivity index (χ0n) is 13.3. The van der Waals surface area contributed by atoms with Gasteiger partial charge in [-0.2, -0.15) is 0 Å². The number of nitrogens with zero attached hydrogens (tertiary/aromatic N) is 3. The van der Waals surface area contributed by atoms with Gasteiger partial charge in [0.15, 0.2) is 4.96 Å². The molecule has 124 valence electrons. The zero-order valence-corrected chi connectivity index (χ0v) is 14.2. The summed E-state index contributed by atoms with van der Waals surface area (Å²) in [5.74, 6) is 0.610. The predicted molar refractivity (Wildman–Crippen MR) is 97.2 cm³/mol. The highest BCUT2D eigenvalue weighted by atomic mass is 32.1. The molecule has 0 radical (unpaired) electrons. The van der Waals surface area contributed by atoms with E-state index >= 15 is 0 Å². The van der Waals surface area contributed by atoms with Gasteiger partial charge in [0.1, 0.15) is 11.4 Å². The second-order valence-corrected chi connectivity index (χ2v) is 6.15. The summed E-state index contributed by atoms with van der Waals surface area (Å²) in [6, 6.07) is 11.2. The fraction of sp³-hybridized carbons (Fsp3) is 0.0556. The Hall–Kier alpha value is -3.19. The van der Waals surface area contributed by atoms with Crippen LogP contribution in [0.5, 0.6) is 5.75 Å². The Kier molecular flexibility index (Phi) is 3.91. The average Bonchev–Trinajstić information content (AvgIpc) is 3.23. The highest BCUT2D eigenvalue weighted by Crippen LogP contribution is 2.25. The van der Waals surface area contributed by atoms with Crippen molar-refractivity contribution in [1.82, 2.24) is 14.4 Å². The van der Waals surface area contributed by atoms with Gasteiger partial charge in [0.2, 0.25) is 0 Å². The minimum Gasteiger partial charge on any atom is -0.497 e. The van der Waals surface area contributed by atoms with Gasteiger partial charge < -0.3 is 10.1 Å². The molecule has 0 unspecified atom stereocenters. The molecule has 6 nitrogen and oxygen atoms in total. The summed E-state index contributed by atoms with van der Waals surface area (Å²) >= 11 is 1.43. The van der Waals surface area contributed by atoms with Crippen LogP contribution in [0.2, 0.25) is 0 Å². The molecule has 3 heterocycles. The van der Waals surface area contributed by atoms with Gasteiger partial charge in [0, 0.05) is 35.2 Å². The number of ether oxygens (including phenoxy) is 1. The number of nitrogens with one attached hydrogen (secondary N) is 1. The number of pyridine rings is 1. The molecule has 0 bridgehead atoms. The third-order valence-electron chi connectivity index (χ3n) is 3.77. The van der Waals surface area contributed by atoms with Crippen LogP contribution >= 0.6 is 11.3 Å². The zero-order chi connectivity index (χ0) is 17.2. The van der Waals surface area contributed by atoms with E-state index in [1.807, 2.05) is 30.5 Å². The maximum atomic E-state index is 12.5. The lowest BCUT2D eigenvalue weighted by molar-refractivity contribution is 0.102. The number of carbonyl (C=O) groups excluding carboxylic acids is 1. The Morgan fingerprint density at radius 1 is 1.16 bits per heavy atom. The number of anilines is 1. The maximum absolute atomic E-state index is 12.5. The molecule has 3 aromatic heterocycles. The number of hydrogen-bond donors (Lipinski definition) is 1. The van der Waals surface area contributed by atoms with E-state index in [1.165, 1.54) is 11.3 Å². The van der Waals surface area contributed by atoms with Gasteiger partial charge in [0.05, 0.1) is 12.8 Å². The topological polar surface area (TPSA) is 68.5 Å².